The summed E-state index contributed by atoms with van der Waals surface area (Å²) in [7, 11) is 0. The van der Waals surface area contributed by atoms with Crippen LogP contribution in [-0.2, 0) is 14.4 Å². The normalized spacial score (nSPS) is 17.0. The van der Waals surface area contributed by atoms with E-state index in [1.54, 1.807) is 11.8 Å². The predicted octanol–water partition coefficient (Wildman–Crippen LogP) is 2.05. The van der Waals surface area contributed by atoms with Crippen molar-refractivity contribution < 1.29 is 14.4 Å². The van der Waals surface area contributed by atoms with E-state index < -0.39 is 12.1 Å². The second-order valence-electron chi connectivity index (χ2n) is 8.42. The highest BCUT2D eigenvalue weighted by atomic mass is 16.2. The monoisotopic (exact) mass is 402 g/mol. The molecule has 1 heterocycles. The van der Waals surface area contributed by atoms with Gasteiger partial charge in [0.25, 0.3) is 0 Å². The first-order valence-corrected chi connectivity index (χ1v) is 10.4. The first-order valence-electron chi connectivity index (χ1n) is 10.4. The SMILES string of the molecule is Cc1ccc(NC(=O)[C@H](C)NC(=O)C2CCN(C(=O)[C@@H](N)CC(C)C)CC2)cc1. The maximum absolute atomic E-state index is 12.5. The molecule has 0 radical (unpaired) electrons. The van der Waals surface area contributed by atoms with Crippen molar-refractivity contribution in [1.29, 1.82) is 0 Å². The molecule has 1 aromatic rings. The molecule has 1 aromatic carbocycles. The van der Waals surface area contributed by atoms with E-state index in [0.29, 0.717) is 44.0 Å². The van der Waals surface area contributed by atoms with Gasteiger partial charge in [0.15, 0.2) is 0 Å². The molecule has 29 heavy (non-hydrogen) atoms. The molecule has 1 saturated heterocycles. The lowest BCUT2D eigenvalue weighted by Gasteiger charge is -2.33. The summed E-state index contributed by atoms with van der Waals surface area (Å²) in [5.41, 5.74) is 7.81. The van der Waals surface area contributed by atoms with Gasteiger partial charge in [0, 0.05) is 24.7 Å². The average molecular weight is 403 g/mol. The summed E-state index contributed by atoms with van der Waals surface area (Å²) in [4.78, 5) is 39.0. The van der Waals surface area contributed by atoms with Crippen LogP contribution in [0.5, 0.6) is 0 Å². The standard InChI is InChI=1S/C22H34N4O3/c1-14(2)13-19(23)22(29)26-11-9-17(10-12-26)21(28)24-16(4)20(27)25-18-7-5-15(3)6-8-18/h5-8,14,16-17,19H,9-13,23H2,1-4H3,(H,24,28)(H,25,27)/t16-,19-/m0/s1. The maximum atomic E-state index is 12.5. The molecule has 1 aliphatic heterocycles. The molecule has 0 unspecified atom stereocenters. The van der Waals surface area contributed by atoms with Gasteiger partial charge in [0.05, 0.1) is 6.04 Å². The largest absolute Gasteiger partial charge is 0.344 e. The lowest BCUT2D eigenvalue weighted by molar-refractivity contribution is -0.137. The Hall–Kier alpha value is -2.41. The fourth-order valence-electron chi connectivity index (χ4n) is 3.49. The first kappa shape index (κ1) is 22.9. The van der Waals surface area contributed by atoms with Crippen LogP contribution in [0.1, 0.15) is 45.6 Å². The predicted molar refractivity (Wildman–Crippen MR) is 114 cm³/mol. The highest BCUT2D eigenvalue weighted by Crippen LogP contribution is 2.19. The van der Waals surface area contributed by atoms with Crippen molar-refractivity contribution in [2.75, 3.05) is 18.4 Å². The fourth-order valence-corrected chi connectivity index (χ4v) is 3.49. The van der Waals surface area contributed by atoms with Gasteiger partial charge in [0.2, 0.25) is 17.7 Å². The zero-order valence-corrected chi connectivity index (χ0v) is 17.9. The molecule has 0 bridgehead atoms. The molecule has 0 aliphatic carbocycles. The second-order valence-corrected chi connectivity index (χ2v) is 8.42. The van der Waals surface area contributed by atoms with E-state index in [1.165, 1.54) is 0 Å². The number of aryl methyl sites for hydroxylation is 1. The summed E-state index contributed by atoms with van der Waals surface area (Å²) in [6.45, 7) is 8.77. The summed E-state index contributed by atoms with van der Waals surface area (Å²) in [5.74, 6) is -0.271. The molecule has 2 atom stereocenters. The number of carbonyl (C=O) groups is 3. The number of piperidine rings is 1. The number of hydrogen-bond donors (Lipinski definition) is 3. The summed E-state index contributed by atoms with van der Waals surface area (Å²) in [6, 6.07) is 6.38. The lowest BCUT2D eigenvalue weighted by Crippen LogP contribution is -2.50. The van der Waals surface area contributed by atoms with Crippen molar-refractivity contribution in [1.82, 2.24) is 10.2 Å². The average Bonchev–Trinajstić information content (AvgIpc) is 2.68. The lowest BCUT2D eigenvalue weighted by atomic mass is 9.94. The number of anilines is 1. The van der Waals surface area contributed by atoms with Crippen LogP contribution in [0.4, 0.5) is 5.69 Å². The molecular formula is C22H34N4O3. The third-order valence-electron chi connectivity index (χ3n) is 5.29. The number of carbonyl (C=O) groups excluding carboxylic acids is 3. The minimum absolute atomic E-state index is 0.0385. The van der Waals surface area contributed by atoms with Crippen LogP contribution < -0.4 is 16.4 Å². The molecule has 4 N–H and O–H groups in total. The van der Waals surface area contributed by atoms with Crippen molar-refractivity contribution in [3.8, 4) is 0 Å². The number of benzene rings is 1. The Kier molecular flexibility index (Phi) is 8.20. The zero-order valence-electron chi connectivity index (χ0n) is 17.9. The molecule has 7 nitrogen and oxygen atoms in total. The Morgan fingerprint density at radius 2 is 1.69 bits per heavy atom. The third-order valence-corrected chi connectivity index (χ3v) is 5.29. The number of amides is 3. The van der Waals surface area contributed by atoms with Gasteiger partial charge in [0.1, 0.15) is 6.04 Å². The van der Waals surface area contributed by atoms with Gasteiger partial charge >= 0.3 is 0 Å². The third kappa shape index (κ3) is 6.85. The Balaban J connectivity index is 1.79. The molecule has 0 saturated carbocycles. The molecule has 2 rings (SSSR count). The Bertz CT molecular complexity index is 709. The second kappa shape index (κ2) is 10.4. The molecule has 7 heteroatoms. The summed E-state index contributed by atoms with van der Waals surface area (Å²) in [5, 5.41) is 5.60. The molecule has 1 fully saturated rings. The Labute approximate surface area is 173 Å². The molecule has 3 amide bonds. The molecule has 160 valence electrons. The van der Waals surface area contributed by atoms with Crippen LogP contribution in [0, 0.1) is 18.8 Å². The quantitative estimate of drug-likeness (QED) is 0.649. The van der Waals surface area contributed by atoms with E-state index in [0.717, 1.165) is 5.56 Å². The number of likely N-dealkylation sites (tertiary alicyclic amines) is 1. The number of rotatable bonds is 7. The van der Waals surface area contributed by atoms with Gasteiger partial charge < -0.3 is 21.3 Å². The topological polar surface area (TPSA) is 105 Å². The van der Waals surface area contributed by atoms with Crippen LogP contribution in [0.3, 0.4) is 0 Å². The molecular weight excluding hydrogens is 368 g/mol. The maximum Gasteiger partial charge on any atom is 0.246 e. The van der Waals surface area contributed by atoms with Crippen LogP contribution >= 0.6 is 0 Å². The Morgan fingerprint density at radius 1 is 1.10 bits per heavy atom. The smallest absolute Gasteiger partial charge is 0.246 e. The van der Waals surface area contributed by atoms with Crippen molar-refractivity contribution in [2.45, 2.75) is 59.0 Å². The first-order chi connectivity index (χ1) is 13.7. The molecule has 0 spiro atoms. The van der Waals surface area contributed by atoms with E-state index in [-0.39, 0.29) is 23.6 Å². The number of hydrogen-bond acceptors (Lipinski definition) is 4. The van der Waals surface area contributed by atoms with Gasteiger partial charge in [-0.15, -0.1) is 0 Å². The van der Waals surface area contributed by atoms with E-state index >= 15 is 0 Å². The minimum atomic E-state index is -0.636. The van der Waals surface area contributed by atoms with Crippen LogP contribution in [0.25, 0.3) is 0 Å². The van der Waals surface area contributed by atoms with Gasteiger partial charge in [-0.1, -0.05) is 31.5 Å². The zero-order chi connectivity index (χ0) is 21.6. The van der Waals surface area contributed by atoms with Crippen molar-refractivity contribution in [2.24, 2.45) is 17.6 Å². The fraction of sp³-hybridized carbons (Fsp3) is 0.591. The minimum Gasteiger partial charge on any atom is -0.344 e. The highest BCUT2D eigenvalue weighted by Gasteiger charge is 2.30. The van der Waals surface area contributed by atoms with Crippen molar-refractivity contribution in [3.05, 3.63) is 29.8 Å². The van der Waals surface area contributed by atoms with E-state index in [1.807, 2.05) is 45.0 Å². The van der Waals surface area contributed by atoms with E-state index in [4.69, 9.17) is 5.73 Å². The van der Waals surface area contributed by atoms with E-state index in [9.17, 15) is 14.4 Å². The molecule has 1 aliphatic rings. The van der Waals surface area contributed by atoms with Crippen molar-refractivity contribution >= 4 is 23.4 Å². The van der Waals surface area contributed by atoms with Gasteiger partial charge in [-0.05, 0) is 51.2 Å². The summed E-state index contributed by atoms with van der Waals surface area (Å²) in [6.07, 6.45) is 1.82. The summed E-state index contributed by atoms with van der Waals surface area (Å²) >= 11 is 0. The molecule has 0 aromatic heterocycles. The number of nitrogens with one attached hydrogen (secondary N) is 2. The highest BCUT2D eigenvalue weighted by molar-refractivity contribution is 5.97. The summed E-state index contributed by atoms with van der Waals surface area (Å²) < 4.78 is 0. The Morgan fingerprint density at radius 3 is 2.24 bits per heavy atom. The van der Waals surface area contributed by atoms with E-state index in [2.05, 4.69) is 10.6 Å². The van der Waals surface area contributed by atoms with Gasteiger partial charge in [-0.3, -0.25) is 14.4 Å². The van der Waals surface area contributed by atoms with Crippen molar-refractivity contribution in [3.63, 3.8) is 0 Å². The van der Waals surface area contributed by atoms with Crippen LogP contribution in [0.15, 0.2) is 24.3 Å². The number of nitrogens with zero attached hydrogens (tertiary/aromatic N) is 1. The number of nitrogens with two attached hydrogens (primary N) is 1. The van der Waals surface area contributed by atoms with Crippen LogP contribution in [-0.4, -0.2) is 47.8 Å². The van der Waals surface area contributed by atoms with Gasteiger partial charge in [-0.25, -0.2) is 0 Å². The van der Waals surface area contributed by atoms with Gasteiger partial charge in [-0.2, -0.15) is 0 Å². The van der Waals surface area contributed by atoms with Crippen LogP contribution in [0.2, 0.25) is 0 Å².